The third kappa shape index (κ3) is 4.45. The molecule has 4 heteroatoms. The normalized spacial score (nSPS) is 22.7. The maximum Gasteiger partial charge on any atom is 0.123 e. The van der Waals surface area contributed by atoms with Gasteiger partial charge in [0.25, 0.3) is 0 Å². The fourth-order valence-corrected chi connectivity index (χ4v) is 3.35. The highest BCUT2D eigenvalue weighted by molar-refractivity contribution is 5.33. The fraction of sp³-hybridized carbons (Fsp3) is 0.667. The van der Waals surface area contributed by atoms with E-state index in [0.29, 0.717) is 13.2 Å². The van der Waals surface area contributed by atoms with Gasteiger partial charge >= 0.3 is 0 Å². The van der Waals surface area contributed by atoms with E-state index in [4.69, 9.17) is 9.47 Å². The summed E-state index contributed by atoms with van der Waals surface area (Å²) in [7, 11) is 1.73. The smallest absolute Gasteiger partial charge is 0.123 e. The molecule has 1 aliphatic rings. The fourth-order valence-electron chi connectivity index (χ4n) is 3.35. The Morgan fingerprint density at radius 1 is 1.32 bits per heavy atom. The highest BCUT2D eigenvalue weighted by Gasteiger charge is 2.34. The number of rotatable bonds is 8. The lowest BCUT2D eigenvalue weighted by atomic mass is 9.78. The van der Waals surface area contributed by atoms with Crippen molar-refractivity contribution in [3.8, 4) is 5.75 Å². The first-order chi connectivity index (χ1) is 10.7. The van der Waals surface area contributed by atoms with Gasteiger partial charge in [0, 0.05) is 37.8 Å². The van der Waals surface area contributed by atoms with Crippen LogP contribution < -0.4 is 4.74 Å². The van der Waals surface area contributed by atoms with Crippen molar-refractivity contribution in [2.24, 2.45) is 5.41 Å². The molecule has 1 atom stereocenters. The van der Waals surface area contributed by atoms with Gasteiger partial charge < -0.3 is 14.6 Å². The van der Waals surface area contributed by atoms with Gasteiger partial charge in [-0.1, -0.05) is 18.2 Å². The number of methoxy groups -OCH3 is 1. The molecule has 1 fully saturated rings. The van der Waals surface area contributed by atoms with E-state index in [9.17, 15) is 5.11 Å². The molecule has 0 radical (unpaired) electrons. The van der Waals surface area contributed by atoms with Crippen molar-refractivity contribution in [3.05, 3.63) is 29.8 Å². The number of benzene rings is 1. The van der Waals surface area contributed by atoms with Gasteiger partial charge in [-0.15, -0.1) is 0 Å². The zero-order valence-electron chi connectivity index (χ0n) is 13.9. The second kappa shape index (κ2) is 8.51. The van der Waals surface area contributed by atoms with Crippen LogP contribution in [0.4, 0.5) is 0 Å². The molecule has 4 nitrogen and oxygen atoms in total. The maximum absolute atomic E-state index is 9.88. The van der Waals surface area contributed by atoms with Crippen LogP contribution in [-0.2, 0) is 11.3 Å². The molecule has 1 aromatic carbocycles. The van der Waals surface area contributed by atoms with Crippen LogP contribution in [0, 0.1) is 5.41 Å². The van der Waals surface area contributed by atoms with Gasteiger partial charge in [0.1, 0.15) is 5.75 Å². The van der Waals surface area contributed by atoms with E-state index in [1.807, 2.05) is 19.1 Å². The summed E-state index contributed by atoms with van der Waals surface area (Å²) in [5.41, 5.74) is 1.21. The molecule has 1 heterocycles. The minimum atomic E-state index is -0.0190. The highest BCUT2D eigenvalue weighted by atomic mass is 16.5. The Balaban J connectivity index is 2.03. The zero-order chi connectivity index (χ0) is 15.8. The number of piperidine rings is 1. The summed E-state index contributed by atoms with van der Waals surface area (Å²) >= 11 is 0. The van der Waals surface area contributed by atoms with Crippen LogP contribution in [0.1, 0.15) is 31.7 Å². The summed E-state index contributed by atoms with van der Waals surface area (Å²) in [5, 5.41) is 9.88. The van der Waals surface area contributed by atoms with Crippen LogP contribution in [0.15, 0.2) is 24.3 Å². The molecule has 1 N–H and O–H groups in total. The Hall–Kier alpha value is -1.10. The van der Waals surface area contributed by atoms with Crippen molar-refractivity contribution in [1.82, 2.24) is 4.90 Å². The quantitative estimate of drug-likeness (QED) is 0.802. The molecule has 2 rings (SSSR count). The van der Waals surface area contributed by atoms with Crippen LogP contribution in [0.3, 0.4) is 0 Å². The first-order valence-corrected chi connectivity index (χ1v) is 8.26. The van der Waals surface area contributed by atoms with Crippen LogP contribution in [0.25, 0.3) is 0 Å². The summed E-state index contributed by atoms with van der Waals surface area (Å²) in [5.74, 6) is 0.974. The molecule has 1 aromatic rings. The molecular weight excluding hydrogens is 278 g/mol. The number of likely N-dealkylation sites (tertiary alicyclic amines) is 1. The van der Waals surface area contributed by atoms with Crippen molar-refractivity contribution in [3.63, 3.8) is 0 Å². The molecule has 0 aliphatic carbocycles. The molecule has 22 heavy (non-hydrogen) atoms. The van der Waals surface area contributed by atoms with E-state index < -0.39 is 0 Å². The zero-order valence-corrected chi connectivity index (χ0v) is 13.9. The number of ether oxygens (including phenoxy) is 2. The molecular formula is C18H29NO3. The number of nitrogens with zero attached hydrogens (tertiary/aromatic N) is 1. The van der Waals surface area contributed by atoms with Gasteiger partial charge in [0.15, 0.2) is 0 Å². The van der Waals surface area contributed by atoms with E-state index in [2.05, 4.69) is 17.0 Å². The first kappa shape index (κ1) is 17.3. The van der Waals surface area contributed by atoms with Crippen molar-refractivity contribution in [2.45, 2.75) is 32.7 Å². The lowest BCUT2D eigenvalue weighted by Gasteiger charge is -2.42. The number of aliphatic hydroxyl groups excluding tert-OH is 1. The van der Waals surface area contributed by atoms with Crippen molar-refractivity contribution in [1.29, 1.82) is 0 Å². The second-order valence-corrected chi connectivity index (χ2v) is 6.26. The molecule has 0 amide bonds. The van der Waals surface area contributed by atoms with Crippen LogP contribution >= 0.6 is 0 Å². The Morgan fingerprint density at radius 3 is 2.86 bits per heavy atom. The van der Waals surface area contributed by atoms with Gasteiger partial charge in [0.05, 0.1) is 13.2 Å². The van der Waals surface area contributed by atoms with Gasteiger partial charge in [-0.3, -0.25) is 4.90 Å². The van der Waals surface area contributed by atoms with Crippen LogP contribution in [-0.4, -0.2) is 50.0 Å². The number of para-hydroxylation sites is 1. The van der Waals surface area contributed by atoms with Crippen LogP contribution in [0.2, 0.25) is 0 Å². The number of hydrogen-bond donors (Lipinski definition) is 1. The van der Waals surface area contributed by atoms with Gasteiger partial charge in [-0.2, -0.15) is 0 Å². The minimum absolute atomic E-state index is 0.0190. The summed E-state index contributed by atoms with van der Waals surface area (Å²) in [6, 6.07) is 8.25. The Labute approximate surface area is 134 Å². The van der Waals surface area contributed by atoms with Crippen LogP contribution in [0.5, 0.6) is 5.75 Å². The summed E-state index contributed by atoms with van der Waals surface area (Å²) in [6.45, 7) is 6.53. The Morgan fingerprint density at radius 2 is 2.14 bits per heavy atom. The molecule has 0 saturated carbocycles. The second-order valence-electron chi connectivity index (χ2n) is 6.26. The lowest BCUT2D eigenvalue weighted by Crippen LogP contribution is -2.45. The number of hydrogen-bond acceptors (Lipinski definition) is 4. The van der Waals surface area contributed by atoms with E-state index in [0.717, 1.165) is 44.6 Å². The standard InChI is InChI=1S/C18H29NO3/c1-3-22-17-8-5-4-7-16(17)13-19-11-6-9-18(14-19,15-20)10-12-21-2/h4-5,7-8,20H,3,6,9-15H2,1-2H3. The third-order valence-corrected chi connectivity index (χ3v) is 4.58. The van der Waals surface area contributed by atoms with E-state index in [1.54, 1.807) is 7.11 Å². The van der Waals surface area contributed by atoms with Crippen molar-refractivity contribution in [2.75, 3.05) is 40.0 Å². The monoisotopic (exact) mass is 307 g/mol. The summed E-state index contributed by atoms with van der Waals surface area (Å²) in [6.07, 6.45) is 3.13. The largest absolute Gasteiger partial charge is 0.494 e. The van der Waals surface area contributed by atoms with Crippen molar-refractivity contribution >= 4 is 0 Å². The molecule has 0 spiro atoms. The average molecular weight is 307 g/mol. The molecule has 1 aliphatic heterocycles. The molecule has 124 valence electrons. The van der Waals surface area contributed by atoms with Gasteiger partial charge in [0.2, 0.25) is 0 Å². The Bertz CT molecular complexity index is 452. The summed E-state index contributed by atoms with van der Waals surface area (Å²) < 4.78 is 11.0. The predicted molar refractivity (Wildman–Crippen MR) is 88.1 cm³/mol. The van der Waals surface area contributed by atoms with E-state index >= 15 is 0 Å². The summed E-state index contributed by atoms with van der Waals surface area (Å²) in [4.78, 5) is 2.44. The first-order valence-electron chi connectivity index (χ1n) is 8.26. The maximum atomic E-state index is 9.88. The lowest BCUT2D eigenvalue weighted by molar-refractivity contribution is 0.00453. The van der Waals surface area contributed by atoms with E-state index in [-0.39, 0.29) is 12.0 Å². The van der Waals surface area contributed by atoms with Crippen molar-refractivity contribution < 1.29 is 14.6 Å². The number of aliphatic hydroxyl groups is 1. The van der Waals surface area contributed by atoms with E-state index in [1.165, 1.54) is 5.56 Å². The molecule has 0 aromatic heterocycles. The Kier molecular flexibility index (Phi) is 6.68. The predicted octanol–water partition coefficient (Wildman–Crippen LogP) is 2.70. The SMILES string of the molecule is CCOc1ccccc1CN1CCCC(CO)(CCOC)C1. The average Bonchev–Trinajstić information content (AvgIpc) is 2.55. The van der Waals surface area contributed by atoms with Gasteiger partial charge in [-0.05, 0) is 38.8 Å². The highest BCUT2D eigenvalue weighted by Crippen LogP contribution is 2.34. The van der Waals surface area contributed by atoms with Gasteiger partial charge in [-0.25, -0.2) is 0 Å². The molecule has 1 saturated heterocycles. The topological polar surface area (TPSA) is 41.9 Å². The molecule has 1 unspecified atom stereocenters. The molecule has 0 bridgehead atoms. The third-order valence-electron chi connectivity index (χ3n) is 4.58. The minimum Gasteiger partial charge on any atom is -0.494 e.